The molecule has 1 heterocycles. The zero-order valence-corrected chi connectivity index (χ0v) is 29.3. The maximum Gasteiger partial charge on any atom is 0.376 e. The highest BCUT2D eigenvalue weighted by Crippen LogP contribution is 2.47. The molecule has 0 aliphatic rings. The average Bonchev–Trinajstić information content (AvgIpc) is 3.04. The number of phosphoric acid groups is 1. The number of nitrogens with zero attached hydrogens (tertiary/aromatic N) is 2. The molecule has 256 valence electrons. The molecule has 0 saturated carbocycles. The van der Waals surface area contributed by atoms with Gasteiger partial charge in [-0.05, 0) is 12.0 Å². The summed E-state index contributed by atoms with van der Waals surface area (Å²) in [6.07, 6.45) is 22.5. The van der Waals surface area contributed by atoms with Crippen molar-refractivity contribution in [3.8, 4) is 0 Å². The highest BCUT2D eigenvalue weighted by atomic mass is 31.2. The van der Waals surface area contributed by atoms with Gasteiger partial charge in [0, 0.05) is 44.9 Å². The summed E-state index contributed by atoms with van der Waals surface area (Å²) in [5, 5.41) is 0. The number of rotatable bonds is 29. The Labute approximate surface area is 274 Å². The van der Waals surface area contributed by atoms with Crippen molar-refractivity contribution in [2.24, 2.45) is 0 Å². The van der Waals surface area contributed by atoms with Crippen LogP contribution in [0, 0.1) is 0 Å². The minimum atomic E-state index is -4.21. The number of unbranched alkanes of at least 4 members (excludes halogenated alkanes) is 13. The zero-order valence-electron chi connectivity index (χ0n) is 28.5. The standard InChI is InChI=1S/C36H61N2O6P/c1-4-5-6-7-8-9-10-11-12-13-14-15-16-20-29-41-32-36(42-31-34-22-18-17-19-23-34)33-44-45(39,40)43-30-21-26-38-27-24-35(25-28-38)37(2)3/h17-19,22-25,27-28,36H,4-16,20-21,26,29-33H2,1-3H3/p+1/t36-/m1/s1. The number of hydrogen-bond acceptors (Lipinski definition) is 7. The van der Waals surface area contributed by atoms with Crippen LogP contribution in [0.15, 0.2) is 54.9 Å². The Morgan fingerprint density at radius 2 is 1.31 bits per heavy atom. The molecule has 2 atom stereocenters. The molecule has 2 rings (SSSR count). The summed E-state index contributed by atoms with van der Waals surface area (Å²) in [5.41, 5.74) is 2.14. The van der Waals surface area contributed by atoms with Crippen LogP contribution in [0.4, 0.5) is 5.69 Å². The maximum atomic E-state index is 12.5. The molecular formula is C36H62N2O6P+. The van der Waals surface area contributed by atoms with Crippen molar-refractivity contribution >= 4 is 13.9 Å². The van der Waals surface area contributed by atoms with Crippen LogP contribution in [0.25, 0.3) is 0 Å². The summed E-state index contributed by atoms with van der Waals surface area (Å²) in [6.45, 7) is 4.28. The smallest absolute Gasteiger partial charge is 0.376 e. The second kappa shape index (κ2) is 25.4. The fourth-order valence-corrected chi connectivity index (χ4v) is 5.87. The molecule has 1 aromatic carbocycles. The largest absolute Gasteiger partial charge is 0.606 e. The average molecular weight is 650 g/mol. The highest BCUT2D eigenvalue weighted by molar-refractivity contribution is 7.52. The molecule has 45 heavy (non-hydrogen) atoms. The summed E-state index contributed by atoms with van der Waals surface area (Å²) in [4.78, 5) is 24.8. The number of pyridine rings is 1. The van der Waals surface area contributed by atoms with Gasteiger partial charge in [0.05, 0.1) is 13.2 Å². The van der Waals surface area contributed by atoms with Crippen LogP contribution < -0.4 is 14.4 Å². The predicted molar refractivity (Wildman–Crippen MR) is 183 cm³/mol. The molecule has 0 radical (unpaired) electrons. The number of aromatic nitrogens is 1. The van der Waals surface area contributed by atoms with E-state index >= 15 is 0 Å². The Balaban J connectivity index is 1.59. The van der Waals surface area contributed by atoms with Gasteiger partial charge in [-0.1, -0.05) is 121 Å². The third-order valence-corrected chi connectivity index (χ3v) is 8.89. The van der Waals surface area contributed by atoms with Gasteiger partial charge in [-0.25, -0.2) is 4.57 Å². The van der Waals surface area contributed by atoms with Gasteiger partial charge in [0.2, 0.25) is 0 Å². The van der Waals surface area contributed by atoms with E-state index in [2.05, 4.69) is 6.92 Å². The van der Waals surface area contributed by atoms with E-state index in [1.165, 1.54) is 77.0 Å². The van der Waals surface area contributed by atoms with E-state index in [0.717, 1.165) is 24.1 Å². The lowest BCUT2D eigenvalue weighted by Gasteiger charge is -2.23. The summed E-state index contributed by atoms with van der Waals surface area (Å²) in [5.74, 6) is 0. The van der Waals surface area contributed by atoms with Crippen molar-refractivity contribution in [3.05, 3.63) is 60.4 Å². The van der Waals surface area contributed by atoms with Crippen molar-refractivity contribution < 1.29 is 32.9 Å². The molecule has 2 aromatic rings. The van der Waals surface area contributed by atoms with Gasteiger partial charge >= 0.3 is 8.17 Å². The lowest BCUT2D eigenvalue weighted by atomic mass is 10.0. The molecule has 0 aliphatic carbocycles. The van der Waals surface area contributed by atoms with Crippen molar-refractivity contribution in [1.82, 2.24) is 0 Å². The molecule has 0 amide bonds. The first-order valence-corrected chi connectivity index (χ1v) is 18.9. The molecule has 0 aliphatic heterocycles. The van der Waals surface area contributed by atoms with E-state index < -0.39 is 14.3 Å². The Morgan fingerprint density at radius 3 is 1.89 bits per heavy atom. The molecule has 1 unspecified atom stereocenters. The van der Waals surface area contributed by atoms with E-state index in [-0.39, 0.29) is 13.2 Å². The Bertz CT molecular complexity index is 948. The fourth-order valence-electron chi connectivity index (χ4n) is 5.08. The fraction of sp³-hybridized carbons (Fsp3) is 0.694. The van der Waals surface area contributed by atoms with Crippen LogP contribution in [0.3, 0.4) is 0 Å². The normalized spacial score (nSPS) is 13.5. The Morgan fingerprint density at radius 1 is 0.733 bits per heavy atom. The van der Waals surface area contributed by atoms with E-state index in [4.69, 9.17) is 18.5 Å². The minimum absolute atomic E-state index is 0.0832. The first-order chi connectivity index (χ1) is 21.9. The van der Waals surface area contributed by atoms with Crippen LogP contribution >= 0.6 is 8.17 Å². The molecule has 1 aromatic heterocycles. The summed E-state index contributed by atoms with van der Waals surface area (Å²) in [6, 6.07) is 13.9. The Hall–Kier alpha value is -1.64. The van der Waals surface area contributed by atoms with E-state index in [9.17, 15) is 9.79 Å². The van der Waals surface area contributed by atoms with Crippen molar-refractivity contribution in [3.63, 3.8) is 0 Å². The van der Waals surface area contributed by atoms with E-state index in [1.807, 2.05) is 78.4 Å². The van der Waals surface area contributed by atoms with Crippen LogP contribution in [0.1, 0.15) is 109 Å². The number of hydrogen-bond donors (Lipinski definition) is 1. The topological polar surface area (TPSA) is 87.3 Å². The maximum absolute atomic E-state index is 12.5. The van der Waals surface area contributed by atoms with Crippen molar-refractivity contribution in [2.75, 3.05) is 45.4 Å². The third-order valence-electron chi connectivity index (χ3n) is 7.90. The van der Waals surface area contributed by atoms with Gasteiger partial charge in [0.1, 0.15) is 19.3 Å². The predicted octanol–water partition coefficient (Wildman–Crippen LogP) is 7.58. The minimum Gasteiger partial charge on any atom is -0.606 e. The second-order valence-electron chi connectivity index (χ2n) is 12.2. The summed E-state index contributed by atoms with van der Waals surface area (Å²) in [7, 11) is -0.218. The van der Waals surface area contributed by atoms with E-state index in [0.29, 0.717) is 32.8 Å². The van der Waals surface area contributed by atoms with Gasteiger partial charge in [-0.2, -0.15) is 13.9 Å². The second-order valence-corrected chi connectivity index (χ2v) is 13.7. The van der Waals surface area contributed by atoms with Gasteiger partial charge in [0.25, 0.3) is 0 Å². The van der Waals surface area contributed by atoms with Crippen molar-refractivity contribution in [1.29, 1.82) is 0 Å². The highest BCUT2D eigenvalue weighted by Gasteiger charge is 2.29. The quantitative estimate of drug-likeness (QED) is 0.0553. The lowest BCUT2D eigenvalue weighted by molar-refractivity contribution is -0.697. The van der Waals surface area contributed by atoms with Gasteiger partial charge < -0.3 is 19.3 Å². The monoisotopic (exact) mass is 649 g/mol. The molecule has 0 fully saturated rings. The molecule has 0 spiro atoms. The molecule has 8 nitrogen and oxygen atoms in total. The molecule has 0 saturated heterocycles. The zero-order chi connectivity index (χ0) is 32.4. The number of phosphoric ester groups is 1. The molecule has 0 bridgehead atoms. The van der Waals surface area contributed by atoms with Gasteiger partial charge in [-0.3, -0.25) is 0 Å². The number of ether oxygens (including phenoxy) is 2. The van der Waals surface area contributed by atoms with Crippen molar-refractivity contribution in [2.45, 2.75) is 122 Å². The van der Waals surface area contributed by atoms with Gasteiger partial charge in [0.15, 0.2) is 18.9 Å². The van der Waals surface area contributed by atoms with Crippen LogP contribution in [0.5, 0.6) is 0 Å². The lowest BCUT2D eigenvalue weighted by Crippen LogP contribution is -2.33. The van der Waals surface area contributed by atoms with Gasteiger partial charge in [-0.15, -0.1) is 0 Å². The van der Waals surface area contributed by atoms with Crippen LogP contribution in [-0.2, 0) is 31.7 Å². The first-order valence-electron chi connectivity index (χ1n) is 17.4. The van der Waals surface area contributed by atoms with Crippen LogP contribution in [-0.4, -0.2) is 51.5 Å². The molecular weight excluding hydrogens is 587 g/mol. The molecule has 9 heteroatoms. The summed E-state index contributed by atoms with van der Waals surface area (Å²) < 4.78 is 24.5. The SMILES string of the molecule is CCCCCCCCCCCCCCCCOC[C@H](CO[P+]([O-])(O)OCCC[n+]1ccc(N(C)C)cc1)OCc1ccccc1. The Kier molecular flexibility index (Phi) is 22.4. The number of anilines is 1. The van der Waals surface area contributed by atoms with Crippen LogP contribution in [0.2, 0.25) is 0 Å². The third kappa shape index (κ3) is 21.0. The van der Waals surface area contributed by atoms with E-state index in [1.54, 1.807) is 0 Å². The summed E-state index contributed by atoms with van der Waals surface area (Å²) >= 11 is 0. The number of benzene rings is 1. The first kappa shape index (κ1) is 39.5. The number of aryl methyl sites for hydroxylation is 1. The molecule has 1 N–H and O–H groups in total.